The number of nitrogens with zero attached hydrogens (tertiary/aromatic N) is 2. The van der Waals surface area contributed by atoms with Gasteiger partial charge in [-0.1, -0.05) is 24.2 Å². The van der Waals surface area contributed by atoms with Crippen LogP contribution in [0.3, 0.4) is 0 Å². The Labute approximate surface area is 145 Å². The summed E-state index contributed by atoms with van der Waals surface area (Å²) in [6, 6.07) is 4.41. The van der Waals surface area contributed by atoms with Gasteiger partial charge in [0.1, 0.15) is 0 Å². The Morgan fingerprint density at radius 3 is 2.71 bits per heavy atom. The zero-order valence-corrected chi connectivity index (χ0v) is 15.4. The van der Waals surface area contributed by atoms with Gasteiger partial charge in [-0.05, 0) is 38.0 Å². The van der Waals surface area contributed by atoms with Crippen molar-refractivity contribution in [2.24, 2.45) is 0 Å². The highest BCUT2D eigenvalue weighted by molar-refractivity contribution is 7.89. The van der Waals surface area contributed by atoms with Gasteiger partial charge in [-0.25, -0.2) is 8.42 Å². The fourth-order valence-corrected chi connectivity index (χ4v) is 5.88. The number of benzene rings is 1. The molecule has 1 aliphatic rings. The first kappa shape index (κ1) is 17.6. The predicted octanol–water partition coefficient (Wildman–Crippen LogP) is 2.01. The molecule has 132 valence electrons. The number of thiazole rings is 1. The van der Waals surface area contributed by atoms with E-state index in [1.54, 1.807) is 22.8 Å². The van der Waals surface area contributed by atoms with Gasteiger partial charge in [0.2, 0.25) is 10.0 Å². The zero-order chi connectivity index (χ0) is 17.5. The van der Waals surface area contributed by atoms with Crippen molar-refractivity contribution < 1.29 is 13.5 Å². The molecule has 1 aromatic heterocycles. The van der Waals surface area contributed by atoms with Crippen LogP contribution in [0.25, 0.3) is 10.2 Å². The summed E-state index contributed by atoms with van der Waals surface area (Å²) in [7, 11) is -2.18. The average molecular weight is 370 g/mol. The maximum atomic E-state index is 12.9. The van der Waals surface area contributed by atoms with Gasteiger partial charge in [-0.3, -0.25) is 9.36 Å². The lowest BCUT2D eigenvalue weighted by molar-refractivity contribution is 0.0638. The molecule has 0 unspecified atom stereocenters. The lowest BCUT2D eigenvalue weighted by Gasteiger charge is -2.34. The monoisotopic (exact) mass is 370 g/mol. The molecular formula is C16H22N2O4S2. The van der Waals surface area contributed by atoms with Gasteiger partial charge in [0, 0.05) is 13.6 Å². The van der Waals surface area contributed by atoms with E-state index in [2.05, 4.69) is 0 Å². The van der Waals surface area contributed by atoms with Crippen LogP contribution in [0, 0.1) is 0 Å². The number of rotatable bonds is 4. The molecule has 0 aliphatic heterocycles. The normalized spacial score (nSPS) is 22.3. The molecule has 1 fully saturated rings. The molecule has 2 atom stereocenters. The second-order valence-corrected chi connectivity index (χ2v) is 9.17. The predicted molar refractivity (Wildman–Crippen MR) is 95.0 cm³/mol. The largest absolute Gasteiger partial charge is 0.391 e. The van der Waals surface area contributed by atoms with E-state index in [4.69, 9.17) is 0 Å². The van der Waals surface area contributed by atoms with Gasteiger partial charge < -0.3 is 5.11 Å². The maximum Gasteiger partial charge on any atom is 0.308 e. The topological polar surface area (TPSA) is 79.6 Å². The standard InChI is InChI=1S/C16H22N2O4S2/c1-3-18-13-9-8-11(10-15(13)23-16(18)20)24(21,22)17(2)12-6-4-5-7-14(12)19/h8-10,12,14,19H,3-7H2,1-2H3/t12-,14-/m1/s1. The fourth-order valence-electron chi connectivity index (χ4n) is 3.37. The van der Waals surface area contributed by atoms with E-state index in [1.807, 2.05) is 6.92 Å². The summed E-state index contributed by atoms with van der Waals surface area (Å²) >= 11 is 1.06. The van der Waals surface area contributed by atoms with Crippen molar-refractivity contribution in [1.29, 1.82) is 0 Å². The number of hydrogen-bond acceptors (Lipinski definition) is 5. The van der Waals surface area contributed by atoms with E-state index in [-0.39, 0.29) is 9.77 Å². The van der Waals surface area contributed by atoms with Crippen LogP contribution in [0.2, 0.25) is 0 Å². The Bertz CT molecular complexity index is 900. The van der Waals surface area contributed by atoms with E-state index < -0.39 is 22.2 Å². The number of hydrogen-bond donors (Lipinski definition) is 1. The van der Waals surface area contributed by atoms with E-state index in [0.717, 1.165) is 29.7 Å². The SMILES string of the molecule is CCn1c(=O)sc2cc(S(=O)(=O)N(C)[C@@H]3CCCC[C@H]3O)ccc21. The molecule has 1 heterocycles. The number of sulfonamides is 1. The smallest absolute Gasteiger partial charge is 0.308 e. The molecule has 8 heteroatoms. The van der Waals surface area contributed by atoms with Gasteiger partial charge >= 0.3 is 4.87 Å². The van der Waals surface area contributed by atoms with E-state index in [0.29, 0.717) is 24.1 Å². The van der Waals surface area contributed by atoms with Crippen molar-refractivity contribution >= 4 is 31.6 Å². The number of aryl methyl sites for hydroxylation is 1. The molecule has 24 heavy (non-hydrogen) atoms. The van der Waals surface area contributed by atoms with Crippen molar-refractivity contribution in [2.75, 3.05) is 7.05 Å². The van der Waals surface area contributed by atoms with Crippen molar-refractivity contribution in [3.8, 4) is 0 Å². The summed E-state index contributed by atoms with van der Waals surface area (Å²) in [5, 5.41) is 10.1. The molecule has 2 aromatic rings. The minimum absolute atomic E-state index is 0.0851. The third-order valence-electron chi connectivity index (χ3n) is 4.79. The van der Waals surface area contributed by atoms with Gasteiger partial charge in [-0.2, -0.15) is 4.31 Å². The highest BCUT2D eigenvalue weighted by atomic mass is 32.2. The molecule has 0 amide bonds. The Morgan fingerprint density at radius 2 is 2.04 bits per heavy atom. The highest BCUT2D eigenvalue weighted by Crippen LogP contribution is 2.29. The van der Waals surface area contributed by atoms with Crippen LogP contribution in [0.4, 0.5) is 0 Å². The Balaban J connectivity index is 2.00. The second kappa shape index (κ2) is 6.59. The second-order valence-electron chi connectivity index (χ2n) is 6.18. The number of aliphatic hydroxyl groups excluding tert-OH is 1. The molecule has 1 saturated carbocycles. The number of aliphatic hydroxyl groups is 1. The molecule has 0 spiro atoms. The molecule has 3 rings (SSSR count). The molecule has 1 N–H and O–H groups in total. The van der Waals surface area contributed by atoms with Gasteiger partial charge in [-0.15, -0.1) is 0 Å². The first-order valence-corrected chi connectivity index (χ1v) is 10.4. The van der Waals surface area contributed by atoms with Gasteiger partial charge in [0.25, 0.3) is 0 Å². The van der Waals surface area contributed by atoms with Crippen LogP contribution in [-0.4, -0.2) is 41.6 Å². The van der Waals surface area contributed by atoms with Gasteiger partial charge in [0.05, 0.1) is 27.3 Å². The number of likely N-dealkylation sites (N-methyl/N-ethyl adjacent to an activating group) is 1. The summed E-state index contributed by atoms with van der Waals surface area (Å²) in [4.78, 5) is 12.0. The van der Waals surface area contributed by atoms with Crippen molar-refractivity contribution in [3.63, 3.8) is 0 Å². The van der Waals surface area contributed by atoms with Crippen LogP contribution in [0.5, 0.6) is 0 Å². The first-order valence-electron chi connectivity index (χ1n) is 8.15. The fraction of sp³-hybridized carbons (Fsp3) is 0.562. The summed E-state index contributed by atoms with van der Waals surface area (Å²) in [5.41, 5.74) is 0.756. The minimum atomic E-state index is -3.70. The molecule has 1 aliphatic carbocycles. The molecule has 1 aromatic carbocycles. The van der Waals surface area contributed by atoms with Gasteiger partial charge in [0.15, 0.2) is 0 Å². The van der Waals surface area contributed by atoms with Crippen LogP contribution in [0.1, 0.15) is 32.6 Å². The summed E-state index contributed by atoms with van der Waals surface area (Å²) in [5.74, 6) is 0. The third kappa shape index (κ3) is 2.92. The lowest BCUT2D eigenvalue weighted by atomic mass is 9.93. The quantitative estimate of drug-likeness (QED) is 0.893. The lowest BCUT2D eigenvalue weighted by Crippen LogP contribution is -2.46. The molecule has 0 bridgehead atoms. The van der Waals surface area contributed by atoms with E-state index in [9.17, 15) is 18.3 Å². The number of fused-ring (bicyclic) bond motifs is 1. The minimum Gasteiger partial charge on any atom is -0.391 e. The Morgan fingerprint density at radius 1 is 1.33 bits per heavy atom. The highest BCUT2D eigenvalue weighted by Gasteiger charge is 2.34. The van der Waals surface area contributed by atoms with Crippen LogP contribution < -0.4 is 4.87 Å². The molecule has 6 nitrogen and oxygen atoms in total. The van der Waals surface area contributed by atoms with Crippen LogP contribution in [-0.2, 0) is 16.6 Å². The van der Waals surface area contributed by atoms with E-state index >= 15 is 0 Å². The first-order chi connectivity index (χ1) is 11.4. The van der Waals surface area contributed by atoms with E-state index in [1.165, 1.54) is 11.4 Å². The molecule has 0 saturated heterocycles. The van der Waals surface area contributed by atoms with Crippen LogP contribution in [0.15, 0.2) is 27.9 Å². The van der Waals surface area contributed by atoms with Crippen LogP contribution >= 0.6 is 11.3 Å². The van der Waals surface area contributed by atoms with Crippen molar-refractivity contribution in [1.82, 2.24) is 8.87 Å². The maximum absolute atomic E-state index is 12.9. The summed E-state index contributed by atoms with van der Waals surface area (Å²) in [6.45, 7) is 2.44. The molecular weight excluding hydrogens is 348 g/mol. The zero-order valence-electron chi connectivity index (χ0n) is 13.8. The average Bonchev–Trinajstić information content (AvgIpc) is 2.88. The summed E-state index contributed by atoms with van der Waals surface area (Å²) < 4.78 is 29.4. The molecule has 0 radical (unpaired) electrons. The van der Waals surface area contributed by atoms with Crippen molar-refractivity contribution in [2.45, 2.75) is 56.2 Å². The number of aromatic nitrogens is 1. The summed E-state index contributed by atoms with van der Waals surface area (Å²) in [6.07, 6.45) is 2.51. The third-order valence-corrected chi connectivity index (χ3v) is 7.61. The van der Waals surface area contributed by atoms with Crippen molar-refractivity contribution in [3.05, 3.63) is 27.9 Å². The Kier molecular flexibility index (Phi) is 4.83. The Hall–Kier alpha value is -1.22.